The number of carbonyl (C=O) groups is 1. The largest absolute Gasteiger partial charge is 0.394 e. The average Bonchev–Trinajstić information content (AvgIpc) is 3.26. The monoisotopic (exact) mass is 858 g/mol. The van der Waals surface area contributed by atoms with Crippen LogP contribution in [-0.2, 0) is 14.3 Å². The number of carbonyl (C=O) groups excluding carboxylic acids is 1. The highest BCUT2D eigenvalue weighted by Crippen LogP contribution is 2.22. The maximum atomic E-state index is 13.0. The maximum absolute atomic E-state index is 13.0. The lowest BCUT2D eigenvalue weighted by atomic mass is 9.99. The molecule has 6 N–H and O–H groups in total. The Bertz CT molecular complexity index is 1180. The second-order valence-corrected chi connectivity index (χ2v) is 16.9. The van der Waals surface area contributed by atoms with Crippen molar-refractivity contribution in [2.75, 3.05) is 13.2 Å². The number of nitrogens with one attached hydrogen (secondary N) is 1. The molecule has 1 amide bonds. The predicted molar refractivity (Wildman–Crippen MR) is 253 cm³/mol. The first kappa shape index (κ1) is 56.6. The minimum atomic E-state index is -1.58. The first-order valence-electron chi connectivity index (χ1n) is 24.7. The summed E-state index contributed by atoms with van der Waals surface area (Å²) in [6, 6.07) is -0.835. The SMILES string of the molecule is CCCCCCC/C=C\C/C=C\C/C=C\CCCCCCCCCCC(=O)NC(COC1OC(CO)C(O)C(O)C1O)C(O)/C=C/CC/C=C/CC/C=C/CCCCCCC. The second kappa shape index (κ2) is 41.6. The van der Waals surface area contributed by atoms with E-state index in [2.05, 4.69) is 79.9 Å². The van der Waals surface area contributed by atoms with Crippen molar-refractivity contribution in [1.29, 1.82) is 0 Å². The van der Waals surface area contributed by atoms with Gasteiger partial charge in [0.1, 0.15) is 24.4 Å². The number of ether oxygens (including phenoxy) is 2. The molecule has 0 aromatic carbocycles. The predicted octanol–water partition coefficient (Wildman–Crippen LogP) is 10.9. The molecule has 1 saturated heterocycles. The quantitative estimate of drug-likeness (QED) is 0.0264. The Morgan fingerprint density at radius 3 is 1.49 bits per heavy atom. The van der Waals surface area contributed by atoms with Gasteiger partial charge < -0.3 is 40.3 Å². The van der Waals surface area contributed by atoms with Gasteiger partial charge in [0.15, 0.2) is 6.29 Å². The highest BCUT2D eigenvalue weighted by atomic mass is 16.7. The molecule has 0 bridgehead atoms. The molecule has 9 heteroatoms. The minimum absolute atomic E-state index is 0.202. The number of rotatable bonds is 40. The zero-order valence-corrected chi connectivity index (χ0v) is 38.6. The molecule has 1 rings (SSSR count). The van der Waals surface area contributed by atoms with Crippen molar-refractivity contribution in [3.63, 3.8) is 0 Å². The maximum Gasteiger partial charge on any atom is 0.220 e. The number of amides is 1. The molecule has 0 spiro atoms. The van der Waals surface area contributed by atoms with Crippen LogP contribution in [0.2, 0.25) is 0 Å². The Balaban J connectivity index is 2.34. The molecule has 1 aliphatic heterocycles. The molecule has 1 fully saturated rings. The Hall–Kier alpha value is -2.37. The summed E-state index contributed by atoms with van der Waals surface area (Å²) in [6.45, 7) is 3.71. The van der Waals surface area contributed by atoms with Crippen LogP contribution in [0.1, 0.15) is 194 Å². The van der Waals surface area contributed by atoms with E-state index < -0.39 is 49.5 Å². The fourth-order valence-corrected chi connectivity index (χ4v) is 7.25. The topological polar surface area (TPSA) is 149 Å². The van der Waals surface area contributed by atoms with Crippen LogP contribution in [-0.4, -0.2) is 87.5 Å². The normalized spacial score (nSPS) is 21.1. The van der Waals surface area contributed by atoms with E-state index in [0.29, 0.717) is 6.42 Å². The first-order valence-corrected chi connectivity index (χ1v) is 24.7. The van der Waals surface area contributed by atoms with Gasteiger partial charge in [-0.05, 0) is 83.5 Å². The lowest BCUT2D eigenvalue weighted by molar-refractivity contribution is -0.302. The Morgan fingerprint density at radius 2 is 0.984 bits per heavy atom. The summed E-state index contributed by atoms with van der Waals surface area (Å²) in [5.41, 5.74) is 0. The lowest BCUT2D eigenvalue weighted by Crippen LogP contribution is -2.60. The molecular weight excluding hydrogens is 767 g/mol. The lowest BCUT2D eigenvalue weighted by Gasteiger charge is -2.40. The Morgan fingerprint density at radius 1 is 0.557 bits per heavy atom. The van der Waals surface area contributed by atoms with Gasteiger partial charge in [-0.15, -0.1) is 0 Å². The van der Waals surface area contributed by atoms with E-state index in [1.54, 1.807) is 6.08 Å². The van der Waals surface area contributed by atoms with Gasteiger partial charge in [0, 0.05) is 6.42 Å². The van der Waals surface area contributed by atoms with E-state index in [9.17, 15) is 30.3 Å². The molecule has 0 aliphatic carbocycles. The van der Waals surface area contributed by atoms with Gasteiger partial charge in [0.25, 0.3) is 0 Å². The van der Waals surface area contributed by atoms with Crippen molar-refractivity contribution in [2.45, 2.75) is 236 Å². The van der Waals surface area contributed by atoms with Crippen LogP contribution in [0.3, 0.4) is 0 Å². The van der Waals surface area contributed by atoms with Gasteiger partial charge in [0.05, 0.1) is 25.4 Å². The number of aliphatic hydroxyl groups is 5. The van der Waals surface area contributed by atoms with E-state index >= 15 is 0 Å². The third-order valence-corrected chi connectivity index (χ3v) is 11.2. The van der Waals surface area contributed by atoms with Gasteiger partial charge in [-0.25, -0.2) is 0 Å². The summed E-state index contributed by atoms with van der Waals surface area (Å²) >= 11 is 0. The van der Waals surface area contributed by atoms with Crippen molar-refractivity contribution < 1.29 is 39.8 Å². The standard InChI is InChI=1S/C52H91NO8/c1-3-5-7-9-11-13-15-17-19-20-21-22-23-24-25-26-28-30-32-34-36-38-40-42-48(56)53-45(44-60-52-51(59)50(58)49(57)47(43-54)61-52)46(55)41-39-37-35-33-31-29-27-18-16-14-12-10-8-6-4-2/h15-18,20-21,23-24,31,33,39,41,45-47,49-52,54-55,57-59H,3-14,19,22,25-30,32,34-38,40,42-44H2,1-2H3,(H,53,56)/b17-15-,18-16+,21-20-,24-23-,33-31+,41-39+. The van der Waals surface area contributed by atoms with Crippen LogP contribution in [0.5, 0.6) is 0 Å². The third kappa shape index (κ3) is 32.0. The molecule has 7 unspecified atom stereocenters. The van der Waals surface area contributed by atoms with Crippen LogP contribution >= 0.6 is 0 Å². The molecule has 352 valence electrons. The van der Waals surface area contributed by atoms with Crippen LogP contribution in [0.15, 0.2) is 72.9 Å². The zero-order valence-electron chi connectivity index (χ0n) is 38.6. The molecular formula is C52H91NO8. The zero-order chi connectivity index (χ0) is 44.4. The van der Waals surface area contributed by atoms with Crippen molar-refractivity contribution in [1.82, 2.24) is 5.32 Å². The van der Waals surface area contributed by atoms with E-state index in [0.717, 1.165) is 77.0 Å². The highest BCUT2D eigenvalue weighted by molar-refractivity contribution is 5.76. The van der Waals surface area contributed by atoms with E-state index in [1.165, 1.54) is 96.3 Å². The summed E-state index contributed by atoms with van der Waals surface area (Å²) in [6.07, 6.45) is 49.4. The number of allylic oxidation sites excluding steroid dienone is 11. The molecule has 7 atom stereocenters. The van der Waals surface area contributed by atoms with Crippen molar-refractivity contribution in [3.05, 3.63) is 72.9 Å². The number of aliphatic hydroxyl groups excluding tert-OH is 5. The molecule has 0 aromatic heterocycles. The van der Waals surface area contributed by atoms with Crippen LogP contribution in [0, 0.1) is 0 Å². The molecule has 61 heavy (non-hydrogen) atoms. The van der Waals surface area contributed by atoms with Gasteiger partial charge in [-0.3, -0.25) is 4.79 Å². The summed E-state index contributed by atoms with van der Waals surface area (Å²) in [5.74, 6) is -0.202. The smallest absolute Gasteiger partial charge is 0.220 e. The van der Waals surface area contributed by atoms with Crippen molar-refractivity contribution in [2.24, 2.45) is 0 Å². The first-order chi connectivity index (χ1) is 29.8. The van der Waals surface area contributed by atoms with Crippen molar-refractivity contribution in [3.8, 4) is 0 Å². The van der Waals surface area contributed by atoms with E-state index in [-0.39, 0.29) is 12.5 Å². The van der Waals surface area contributed by atoms with Crippen LogP contribution in [0.25, 0.3) is 0 Å². The van der Waals surface area contributed by atoms with Crippen LogP contribution in [0.4, 0.5) is 0 Å². The van der Waals surface area contributed by atoms with Gasteiger partial charge in [-0.1, -0.05) is 177 Å². The average molecular weight is 858 g/mol. The number of hydrogen-bond acceptors (Lipinski definition) is 8. The molecule has 0 aromatic rings. The number of unbranched alkanes of at least 4 members (excludes halogenated alkanes) is 20. The fourth-order valence-electron chi connectivity index (χ4n) is 7.25. The summed E-state index contributed by atoms with van der Waals surface area (Å²) in [4.78, 5) is 13.0. The van der Waals surface area contributed by atoms with E-state index in [1.807, 2.05) is 6.08 Å². The minimum Gasteiger partial charge on any atom is -0.394 e. The molecule has 1 heterocycles. The van der Waals surface area contributed by atoms with Crippen LogP contribution < -0.4 is 5.32 Å². The molecule has 0 radical (unpaired) electrons. The summed E-state index contributed by atoms with van der Waals surface area (Å²) in [5, 5.41) is 54.2. The summed E-state index contributed by atoms with van der Waals surface area (Å²) in [7, 11) is 0. The summed E-state index contributed by atoms with van der Waals surface area (Å²) < 4.78 is 11.2. The van der Waals surface area contributed by atoms with Gasteiger partial charge in [-0.2, -0.15) is 0 Å². The highest BCUT2D eigenvalue weighted by Gasteiger charge is 2.44. The van der Waals surface area contributed by atoms with Gasteiger partial charge >= 0.3 is 0 Å². The Kier molecular flexibility index (Phi) is 38.7. The Labute approximate surface area is 372 Å². The van der Waals surface area contributed by atoms with E-state index in [4.69, 9.17) is 9.47 Å². The third-order valence-electron chi connectivity index (χ3n) is 11.2. The molecule has 1 aliphatic rings. The molecule has 0 saturated carbocycles. The van der Waals surface area contributed by atoms with Crippen molar-refractivity contribution >= 4 is 5.91 Å². The fraction of sp³-hybridized carbons (Fsp3) is 0.750. The second-order valence-electron chi connectivity index (χ2n) is 16.9. The number of hydrogen-bond donors (Lipinski definition) is 6. The molecule has 9 nitrogen and oxygen atoms in total. The van der Waals surface area contributed by atoms with Gasteiger partial charge in [0.2, 0.25) is 5.91 Å².